The third-order valence-electron chi connectivity index (χ3n) is 3.85. The van der Waals surface area contributed by atoms with Gasteiger partial charge in [-0.25, -0.2) is 4.98 Å². The Hall–Kier alpha value is -2.78. The van der Waals surface area contributed by atoms with Crippen LogP contribution in [0, 0.1) is 0 Å². The second-order valence-corrected chi connectivity index (χ2v) is 5.56. The van der Waals surface area contributed by atoms with Gasteiger partial charge >= 0.3 is 12.6 Å². The van der Waals surface area contributed by atoms with Crippen LogP contribution in [-0.4, -0.2) is 39.1 Å². The lowest BCUT2D eigenvalue weighted by atomic mass is 10.2. The molecule has 2 aromatic heterocycles. The highest BCUT2D eigenvalue weighted by molar-refractivity contribution is 5.74. The fourth-order valence-corrected chi connectivity index (χ4v) is 2.75. The Bertz CT molecular complexity index is 739. The molecule has 2 aromatic rings. The van der Waals surface area contributed by atoms with Gasteiger partial charge in [0, 0.05) is 32.3 Å². The van der Waals surface area contributed by atoms with Gasteiger partial charge in [0.1, 0.15) is 0 Å². The lowest BCUT2D eigenvalue weighted by Crippen LogP contribution is -2.28. The Morgan fingerprint density at radius 2 is 2.40 bits per heavy atom. The number of halogens is 2. The monoisotopic (exact) mass is 353 g/mol. The average Bonchev–Trinajstić information content (AvgIpc) is 3.21. The summed E-state index contributed by atoms with van der Waals surface area (Å²) < 4.78 is 33.8. The van der Waals surface area contributed by atoms with Crippen molar-refractivity contribution in [1.29, 1.82) is 0 Å². The molecule has 0 saturated carbocycles. The number of carbonyl (C=O) groups is 1. The van der Waals surface area contributed by atoms with Gasteiger partial charge in [-0.2, -0.15) is 13.8 Å². The van der Waals surface area contributed by atoms with Crippen LogP contribution >= 0.6 is 0 Å². The Labute approximate surface area is 142 Å². The molecular formula is C15H17F2N5O3. The van der Waals surface area contributed by atoms with E-state index < -0.39 is 6.61 Å². The van der Waals surface area contributed by atoms with Crippen LogP contribution in [0.4, 0.5) is 14.8 Å². The number of likely N-dealkylation sites (tertiary alicyclic amines) is 1. The Balaban J connectivity index is 1.61. The molecule has 1 amide bonds. The molecule has 1 unspecified atom stereocenters. The molecule has 0 aliphatic carbocycles. The zero-order chi connectivity index (χ0) is 17.8. The van der Waals surface area contributed by atoms with E-state index >= 15 is 0 Å². The smallest absolute Gasteiger partial charge is 0.388 e. The van der Waals surface area contributed by atoms with E-state index in [1.165, 1.54) is 19.2 Å². The molecule has 134 valence electrons. The number of anilines is 1. The van der Waals surface area contributed by atoms with Gasteiger partial charge in [0.15, 0.2) is 5.82 Å². The van der Waals surface area contributed by atoms with Crippen molar-refractivity contribution in [1.82, 2.24) is 20.0 Å². The van der Waals surface area contributed by atoms with Crippen molar-refractivity contribution in [2.24, 2.45) is 0 Å². The SMILES string of the molecule is CC(=O)N1CCCC1c1noc(NCc2ccnc(OC(F)F)c2)n1. The van der Waals surface area contributed by atoms with Crippen molar-refractivity contribution in [2.45, 2.75) is 39.0 Å². The first kappa shape index (κ1) is 17.1. The van der Waals surface area contributed by atoms with E-state index in [0.29, 0.717) is 17.9 Å². The number of aromatic nitrogens is 3. The van der Waals surface area contributed by atoms with Crippen molar-refractivity contribution in [2.75, 3.05) is 11.9 Å². The number of hydrogen-bond acceptors (Lipinski definition) is 7. The van der Waals surface area contributed by atoms with Gasteiger partial charge in [0.05, 0.1) is 6.04 Å². The maximum Gasteiger partial charge on any atom is 0.388 e. The van der Waals surface area contributed by atoms with E-state index in [0.717, 1.165) is 12.8 Å². The number of pyridine rings is 1. The summed E-state index contributed by atoms with van der Waals surface area (Å²) >= 11 is 0. The van der Waals surface area contributed by atoms with E-state index in [9.17, 15) is 13.6 Å². The second kappa shape index (κ2) is 7.41. The van der Waals surface area contributed by atoms with E-state index in [2.05, 4.69) is 25.2 Å². The number of amides is 1. The molecule has 8 nitrogen and oxygen atoms in total. The fourth-order valence-electron chi connectivity index (χ4n) is 2.75. The minimum absolute atomic E-state index is 0.0230. The molecule has 3 heterocycles. The summed E-state index contributed by atoms with van der Waals surface area (Å²) in [5.74, 6) is 0.264. The first-order valence-corrected chi connectivity index (χ1v) is 7.77. The van der Waals surface area contributed by atoms with Crippen LogP contribution in [0.25, 0.3) is 0 Å². The molecule has 0 radical (unpaired) electrons. The van der Waals surface area contributed by atoms with Crippen LogP contribution in [0.1, 0.15) is 37.2 Å². The van der Waals surface area contributed by atoms with Gasteiger partial charge < -0.3 is 19.5 Å². The van der Waals surface area contributed by atoms with Crippen molar-refractivity contribution in [3.8, 4) is 5.88 Å². The third-order valence-corrected chi connectivity index (χ3v) is 3.85. The lowest BCUT2D eigenvalue weighted by molar-refractivity contribution is -0.129. The number of hydrogen-bond donors (Lipinski definition) is 1. The molecule has 3 rings (SSSR count). The summed E-state index contributed by atoms with van der Waals surface area (Å²) in [7, 11) is 0. The predicted molar refractivity (Wildman–Crippen MR) is 81.9 cm³/mol. The summed E-state index contributed by atoms with van der Waals surface area (Å²) in [5, 5.41) is 6.84. The number of carbonyl (C=O) groups excluding carboxylic acids is 1. The predicted octanol–water partition coefficient (Wildman–Crippen LogP) is 2.36. The maximum absolute atomic E-state index is 12.2. The highest BCUT2D eigenvalue weighted by Crippen LogP contribution is 2.30. The van der Waals surface area contributed by atoms with Crippen LogP contribution in [0.2, 0.25) is 0 Å². The maximum atomic E-state index is 12.2. The number of ether oxygens (including phenoxy) is 1. The molecule has 0 bridgehead atoms. The first-order chi connectivity index (χ1) is 12.0. The molecule has 1 N–H and O–H groups in total. The highest BCUT2D eigenvalue weighted by atomic mass is 19.3. The summed E-state index contributed by atoms with van der Waals surface area (Å²) in [4.78, 5) is 21.3. The largest absolute Gasteiger partial charge is 0.417 e. The fraction of sp³-hybridized carbons (Fsp3) is 0.467. The zero-order valence-electron chi connectivity index (χ0n) is 13.5. The van der Waals surface area contributed by atoms with Gasteiger partial charge in [-0.1, -0.05) is 5.16 Å². The standard InChI is InChI=1S/C15H17F2N5O3/c1-9(23)22-6-2-3-11(22)13-20-15(25-21-13)19-8-10-4-5-18-12(7-10)24-14(16)17/h4-5,7,11,14H,2-3,6,8H2,1H3,(H,19,20,21). The van der Waals surface area contributed by atoms with Crippen molar-refractivity contribution in [3.63, 3.8) is 0 Å². The van der Waals surface area contributed by atoms with Crippen LogP contribution < -0.4 is 10.1 Å². The molecule has 0 spiro atoms. The van der Waals surface area contributed by atoms with Crippen molar-refractivity contribution >= 4 is 11.9 Å². The molecule has 1 aliphatic rings. The van der Waals surface area contributed by atoms with E-state index in [1.807, 2.05) is 0 Å². The Kier molecular flexibility index (Phi) is 5.05. The van der Waals surface area contributed by atoms with Gasteiger partial charge in [-0.15, -0.1) is 0 Å². The number of nitrogens with zero attached hydrogens (tertiary/aromatic N) is 4. The lowest BCUT2D eigenvalue weighted by Gasteiger charge is -2.19. The van der Waals surface area contributed by atoms with Gasteiger partial charge in [0.2, 0.25) is 11.8 Å². The molecule has 10 heteroatoms. The van der Waals surface area contributed by atoms with Crippen LogP contribution in [0.3, 0.4) is 0 Å². The average molecular weight is 353 g/mol. The van der Waals surface area contributed by atoms with Gasteiger partial charge in [-0.05, 0) is 24.5 Å². The molecule has 25 heavy (non-hydrogen) atoms. The minimum Gasteiger partial charge on any atom is -0.417 e. The number of nitrogens with one attached hydrogen (secondary N) is 1. The minimum atomic E-state index is -2.93. The van der Waals surface area contributed by atoms with Gasteiger partial charge in [-0.3, -0.25) is 4.79 Å². The number of alkyl halides is 2. The summed E-state index contributed by atoms with van der Waals surface area (Å²) in [6, 6.07) is 3.06. The van der Waals surface area contributed by atoms with E-state index in [4.69, 9.17) is 4.52 Å². The second-order valence-electron chi connectivity index (χ2n) is 5.56. The van der Waals surface area contributed by atoms with E-state index in [1.54, 1.807) is 11.0 Å². The Morgan fingerprint density at radius 1 is 1.56 bits per heavy atom. The molecule has 0 aromatic carbocycles. The molecular weight excluding hydrogens is 336 g/mol. The summed E-state index contributed by atoms with van der Waals surface area (Å²) in [5.41, 5.74) is 0.664. The first-order valence-electron chi connectivity index (χ1n) is 7.77. The molecule has 1 fully saturated rings. The molecule has 1 saturated heterocycles. The number of rotatable bonds is 6. The van der Waals surface area contributed by atoms with Gasteiger partial charge in [0.25, 0.3) is 0 Å². The third kappa shape index (κ3) is 4.20. The van der Waals surface area contributed by atoms with E-state index in [-0.39, 0.29) is 30.4 Å². The van der Waals surface area contributed by atoms with Crippen molar-refractivity contribution < 1.29 is 22.8 Å². The Morgan fingerprint density at radius 3 is 3.16 bits per heavy atom. The molecule has 1 atom stereocenters. The topological polar surface area (TPSA) is 93.4 Å². The van der Waals surface area contributed by atoms with Crippen molar-refractivity contribution in [3.05, 3.63) is 29.7 Å². The highest BCUT2D eigenvalue weighted by Gasteiger charge is 2.31. The van der Waals surface area contributed by atoms with Crippen LogP contribution in [0.15, 0.2) is 22.9 Å². The summed E-state index contributed by atoms with van der Waals surface area (Å²) in [6.45, 7) is -0.462. The van der Waals surface area contributed by atoms with Crippen LogP contribution in [0.5, 0.6) is 5.88 Å². The quantitative estimate of drug-likeness (QED) is 0.852. The summed E-state index contributed by atoms with van der Waals surface area (Å²) in [6.07, 6.45) is 3.06. The zero-order valence-corrected chi connectivity index (χ0v) is 13.5. The normalized spacial score (nSPS) is 17.1. The molecule has 1 aliphatic heterocycles. The van der Waals surface area contributed by atoms with Crippen LogP contribution in [-0.2, 0) is 11.3 Å².